The lowest BCUT2D eigenvalue weighted by molar-refractivity contribution is 0.273. The zero-order valence-electron chi connectivity index (χ0n) is 10.8. The van der Waals surface area contributed by atoms with Gasteiger partial charge in [-0.25, -0.2) is 4.98 Å². The predicted octanol–water partition coefficient (Wildman–Crippen LogP) is 1.30. The zero-order chi connectivity index (χ0) is 12.3. The van der Waals surface area contributed by atoms with E-state index in [1.165, 1.54) is 12.0 Å². The van der Waals surface area contributed by atoms with Crippen molar-refractivity contribution in [2.45, 2.75) is 12.5 Å². The number of rotatable bonds is 4. The summed E-state index contributed by atoms with van der Waals surface area (Å²) in [6.07, 6.45) is 3.18. The Morgan fingerprint density at radius 3 is 2.94 bits per heavy atom. The molecule has 0 radical (unpaired) electrons. The number of hydrogen-bond acceptors (Lipinski definition) is 4. The monoisotopic (exact) mass is 235 g/mol. The molecule has 1 N–H and O–H groups in total. The van der Waals surface area contributed by atoms with Gasteiger partial charge in [0.2, 0.25) is 5.88 Å². The smallest absolute Gasteiger partial charge is 0.212 e. The molecule has 2 heterocycles. The number of aromatic nitrogens is 1. The molecule has 1 aromatic rings. The van der Waals surface area contributed by atoms with E-state index in [0.29, 0.717) is 17.8 Å². The fourth-order valence-electron chi connectivity index (χ4n) is 2.72. The number of likely N-dealkylation sites (tertiary alicyclic amines) is 1. The first kappa shape index (κ1) is 12.3. The Hall–Kier alpha value is -1.13. The zero-order valence-corrected chi connectivity index (χ0v) is 10.8. The third-order valence-electron chi connectivity index (χ3n) is 3.55. The van der Waals surface area contributed by atoms with Crippen LogP contribution in [0.4, 0.5) is 0 Å². The van der Waals surface area contributed by atoms with E-state index < -0.39 is 0 Å². The van der Waals surface area contributed by atoms with Gasteiger partial charge in [-0.1, -0.05) is 6.07 Å². The van der Waals surface area contributed by atoms with E-state index in [9.17, 15) is 0 Å². The Bertz CT molecular complexity index is 350. The minimum atomic E-state index is 0.473. The maximum atomic E-state index is 5.10. The van der Waals surface area contributed by atoms with Gasteiger partial charge in [-0.3, -0.25) is 4.90 Å². The van der Waals surface area contributed by atoms with E-state index in [2.05, 4.69) is 28.3 Å². The van der Waals surface area contributed by atoms with Crippen molar-refractivity contribution in [2.75, 3.05) is 34.3 Å². The SMILES string of the molecule is CNCC1CCN(C)C1c1ccc(OC)nc1. The quantitative estimate of drug-likeness (QED) is 0.853. The van der Waals surface area contributed by atoms with Gasteiger partial charge in [-0.15, -0.1) is 0 Å². The molecule has 4 nitrogen and oxygen atoms in total. The van der Waals surface area contributed by atoms with Crippen molar-refractivity contribution in [3.8, 4) is 5.88 Å². The van der Waals surface area contributed by atoms with E-state index in [0.717, 1.165) is 13.1 Å². The third-order valence-corrected chi connectivity index (χ3v) is 3.55. The molecule has 2 rings (SSSR count). The number of nitrogens with one attached hydrogen (secondary N) is 1. The molecule has 0 aromatic carbocycles. The van der Waals surface area contributed by atoms with Crippen LogP contribution < -0.4 is 10.1 Å². The van der Waals surface area contributed by atoms with Crippen LogP contribution in [0.1, 0.15) is 18.0 Å². The normalized spacial score (nSPS) is 25.1. The van der Waals surface area contributed by atoms with Crippen molar-refractivity contribution < 1.29 is 4.74 Å². The molecule has 2 atom stereocenters. The maximum absolute atomic E-state index is 5.10. The number of methoxy groups -OCH3 is 1. The van der Waals surface area contributed by atoms with Gasteiger partial charge in [0.25, 0.3) is 0 Å². The second kappa shape index (κ2) is 5.47. The van der Waals surface area contributed by atoms with Crippen molar-refractivity contribution in [1.29, 1.82) is 0 Å². The minimum absolute atomic E-state index is 0.473. The summed E-state index contributed by atoms with van der Waals surface area (Å²) >= 11 is 0. The van der Waals surface area contributed by atoms with Crippen molar-refractivity contribution in [3.05, 3.63) is 23.9 Å². The van der Waals surface area contributed by atoms with Gasteiger partial charge in [0.1, 0.15) is 0 Å². The molecule has 1 aromatic heterocycles. The highest BCUT2D eigenvalue weighted by Crippen LogP contribution is 2.35. The van der Waals surface area contributed by atoms with Crippen LogP contribution in [-0.4, -0.2) is 44.2 Å². The van der Waals surface area contributed by atoms with Gasteiger partial charge in [-0.2, -0.15) is 0 Å². The van der Waals surface area contributed by atoms with Crippen molar-refractivity contribution in [2.24, 2.45) is 5.92 Å². The minimum Gasteiger partial charge on any atom is -0.481 e. The van der Waals surface area contributed by atoms with Gasteiger partial charge in [0, 0.05) is 18.3 Å². The number of nitrogens with zero attached hydrogens (tertiary/aromatic N) is 2. The highest BCUT2D eigenvalue weighted by atomic mass is 16.5. The van der Waals surface area contributed by atoms with E-state index in [-0.39, 0.29) is 0 Å². The molecule has 1 saturated heterocycles. The molecule has 0 bridgehead atoms. The highest BCUT2D eigenvalue weighted by molar-refractivity contribution is 5.22. The number of pyridine rings is 1. The molecule has 2 unspecified atom stereocenters. The van der Waals surface area contributed by atoms with Crippen LogP contribution in [0.15, 0.2) is 18.3 Å². The molecular formula is C13H21N3O. The number of hydrogen-bond donors (Lipinski definition) is 1. The lowest BCUT2D eigenvalue weighted by Gasteiger charge is -2.25. The predicted molar refractivity (Wildman–Crippen MR) is 68.2 cm³/mol. The molecule has 0 aliphatic carbocycles. The second-order valence-electron chi connectivity index (χ2n) is 4.67. The molecule has 1 fully saturated rings. The van der Waals surface area contributed by atoms with Crippen LogP contribution in [0, 0.1) is 5.92 Å². The first-order valence-corrected chi connectivity index (χ1v) is 6.11. The lowest BCUT2D eigenvalue weighted by atomic mass is 9.95. The molecule has 1 aliphatic heterocycles. The van der Waals surface area contributed by atoms with Crippen molar-refractivity contribution in [1.82, 2.24) is 15.2 Å². The average molecular weight is 235 g/mol. The molecular weight excluding hydrogens is 214 g/mol. The molecule has 1 aliphatic rings. The maximum Gasteiger partial charge on any atom is 0.212 e. The second-order valence-corrected chi connectivity index (χ2v) is 4.67. The average Bonchev–Trinajstić information content (AvgIpc) is 2.71. The Morgan fingerprint density at radius 2 is 2.35 bits per heavy atom. The van der Waals surface area contributed by atoms with Gasteiger partial charge >= 0.3 is 0 Å². The van der Waals surface area contributed by atoms with Gasteiger partial charge < -0.3 is 10.1 Å². The Kier molecular flexibility index (Phi) is 3.97. The Balaban J connectivity index is 2.17. The largest absolute Gasteiger partial charge is 0.481 e. The molecule has 94 valence electrons. The molecule has 0 amide bonds. The van der Waals surface area contributed by atoms with Crippen molar-refractivity contribution >= 4 is 0 Å². The summed E-state index contributed by atoms with van der Waals surface area (Å²) in [5.41, 5.74) is 1.28. The number of ether oxygens (including phenoxy) is 1. The summed E-state index contributed by atoms with van der Waals surface area (Å²) in [7, 11) is 5.85. The Labute approximate surface area is 103 Å². The summed E-state index contributed by atoms with van der Waals surface area (Å²) < 4.78 is 5.10. The van der Waals surface area contributed by atoms with Crippen LogP contribution in [0.5, 0.6) is 5.88 Å². The summed E-state index contributed by atoms with van der Waals surface area (Å²) in [6.45, 7) is 2.21. The summed E-state index contributed by atoms with van der Waals surface area (Å²) in [5.74, 6) is 1.35. The summed E-state index contributed by atoms with van der Waals surface area (Å²) in [5, 5.41) is 3.28. The van der Waals surface area contributed by atoms with Gasteiger partial charge in [0.05, 0.1) is 7.11 Å². The van der Waals surface area contributed by atoms with E-state index >= 15 is 0 Å². The first-order valence-electron chi connectivity index (χ1n) is 6.11. The first-order chi connectivity index (χ1) is 8.26. The lowest BCUT2D eigenvalue weighted by Crippen LogP contribution is -2.26. The van der Waals surface area contributed by atoms with E-state index in [1.54, 1.807) is 7.11 Å². The van der Waals surface area contributed by atoms with Crippen LogP contribution in [0.3, 0.4) is 0 Å². The summed E-state index contributed by atoms with van der Waals surface area (Å²) in [4.78, 5) is 6.71. The Morgan fingerprint density at radius 1 is 1.53 bits per heavy atom. The molecule has 4 heteroatoms. The van der Waals surface area contributed by atoms with Crippen LogP contribution in [0.25, 0.3) is 0 Å². The highest BCUT2D eigenvalue weighted by Gasteiger charge is 2.32. The fourth-order valence-corrected chi connectivity index (χ4v) is 2.72. The topological polar surface area (TPSA) is 37.4 Å². The molecule has 0 saturated carbocycles. The standard InChI is InChI=1S/C13H21N3O/c1-14-8-11-6-7-16(2)13(11)10-4-5-12(17-3)15-9-10/h4-5,9,11,13-14H,6-8H2,1-3H3. The molecule has 0 spiro atoms. The van der Waals surface area contributed by atoms with E-state index in [1.807, 2.05) is 19.3 Å². The molecule has 17 heavy (non-hydrogen) atoms. The summed E-state index contributed by atoms with van der Waals surface area (Å²) in [6, 6.07) is 4.54. The van der Waals surface area contributed by atoms with Crippen LogP contribution in [-0.2, 0) is 0 Å². The van der Waals surface area contributed by atoms with Gasteiger partial charge in [0.15, 0.2) is 0 Å². The van der Waals surface area contributed by atoms with Gasteiger partial charge in [-0.05, 0) is 45.1 Å². The van der Waals surface area contributed by atoms with E-state index in [4.69, 9.17) is 4.74 Å². The van der Waals surface area contributed by atoms with Crippen molar-refractivity contribution in [3.63, 3.8) is 0 Å². The van der Waals surface area contributed by atoms with Crippen LogP contribution in [0.2, 0.25) is 0 Å². The van der Waals surface area contributed by atoms with Crippen LogP contribution >= 0.6 is 0 Å². The fraction of sp³-hybridized carbons (Fsp3) is 0.615. The third kappa shape index (κ3) is 2.58.